The maximum Gasteiger partial charge on any atom is 0.251 e. The second-order valence-corrected chi connectivity index (χ2v) is 9.77. The van der Waals surface area contributed by atoms with Gasteiger partial charge in [-0.1, -0.05) is 12.1 Å². The number of hydrogen-bond acceptors (Lipinski definition) is 5. The SMILES string of the molecule is Cc1nnc2n1C[C@H](c1cccc(C(=O)NCCS(=O)(=O)c3ccc(F)cc3)c1)CC2. The lowest BCUT2D eigenvalue weighted by atomic mass is 9.90. The van der Waals surface area contributed by atoms with Crippen LogP contribution in [0.2, 0.25) is 0 Å². The monoisotopic (exact) mass is 442 g/mol. The van der Waals surface area contributed by atoms with E-state index in [1.54, 1.807) is 6.07 Å². The minimum Gasteiger partial charge on any atom is -0.351 e. The van der Waals surface area contributed by atoms with E-state index in [9.17, 15) is 17.6 Å². The van der Waals surface area contributed by atoms with E-state index in [2.05, 4.69) is 20.1 Å². The van der Waals surface area contributed by atoms with E-state index >= 15 is 0 Å². The van der Waals surface area contributed by atoms with Gasteiger partial charge in [-0.2, -0.15) is 0 Å². The van der Waals surface area contributed by atoms with Crippen LogP contribution >= 0.6 is 0 Å². The van der Waals surface area contributed by atoms with Gasteiger partial charge in [0.25, 0.3) is 5.91 Å². The number of fused-ring (bicyclic) bond motifs is 1. The highest BCUT2D eigenvalue weighted by atomic mass is 32.2. The molecule has 1 aliphatic heterocycles. The van der Waals surface area contributed by atoms with Gasteiger partial charge in [0.1, 0.15) is 17.5 Å². The van der Waals surface area contributed by atoms with Crippen molar-refractivity contribution < 1.29 is 17.6 Å². The van der Waals surface area contributed by atoms with Crippen molar-refractivity contribution in [1.29, 1.82) is 0 Å². The molecule has 1 atom stereocenters. The average Bonchev–Trinajstić information content (AvgIpc) is 3.14. The molecule has 0 saturated carbocycles. The van der Waals surface area contributed by atoms with Crippen LogP contribution in [0, 0.1) is 12.7 Å². The summed E-state index contributed by atoms with van der Waals surface area (Å²) in [6.07, 6.45) is 1.77. The molecular formula is C22H23FN4O3S. The minimum atomic E-state index is -3.60. The van der Waals surface area contributed by atoms with Crippen LogP contribution in [0.25, 0.3) is 0 Å². The lowest BCUT2D eigenvalue weighted by Gasteiger charge is -2.24. The van der Waals surface area contributed by atoms with Gasteiger partial charge in [-0.15, -0.1) is 10.2 Å². The molecule has 7 nitrogen and oxygen atoms in total. The molecule has 0 radical (unpaired) electrons. The van der Waals surface area contributed by atoms with Gasteiger partial charge in [0.2, 0.25) is 0 Å². The Bertz CT molecular complexity index is 1210. The third-order valence-electron chi connectivity index (χ3n) is 5.58. The van der Waals surface area contributed by atoms with Gasteiger partial charge in [-0.3, -0.25) is 4.79 Å². The molecule has 1 N–H and O–H groups in total. The van der Waals surface area contributed by atoms with E-state index in [4.69, 9.17) is 0 Å². The lowest BCUT2D eigenvalue weighted by molar-refractivity contribution is 0.0956. The van der Waals surface area contributed by atoms with Gasteiger partial charge in [0.15, 0.2) is 9.84 Å². The number of aromatic nitrogens is 3. The Kier molecular flexibility index (Phi) is 5.86. The van der Waals surface area contributed by atoms with Gasteiger partial charge < -0.3 is 9.88 Å². The Labute approximate surface area is 180 Å². The molecule has 2 aromatic carbocycles. The van der Waals surface area contributed by atoms with Crippen LogP contribution in [-0.4, -0.2) is 41.4 Å². The molecule has 1 aromatic heterocycles. The number of nitrogens with one attached hydrogen (secondary N) is 1. The molecule has 0 fully saturated rings. The predicted molar refractivity (Wildman–Crippen MR) is 113 cm³/mol. The second-order valence-electron chi connectivity index (χ2n) is 7.66. The maximum atomic E-state index is 13.0. The molecule has 0 aliphatic carbocycles. The van der Waals surface area contributed by atoms with Gasteiger partial charge in [-0.05, 0) is 55.3 Å². The summed E-state index contributed by atoms with van der Waals surface area (Å²) in [6, 6.07) is 12.1. The van der Waals surface area contributed by atoms with E-state index < -0.39 is 15.7 Å². The largest absolute Gasteiger partial charge is 0.351 e. The summed E-state index contributed by atoms with van der Waals surface area (Å²) >= 11 is 0. The lowest BCUT2D eigenvalue weighted by Crippen LogP contribution is -2.29. The van der Waals surface area contributed by atoms with E-state index in [-0.39, 0.29) is 29.0 Å². The fourth-order valence-corrected chi connectivity index (χ4v) is 4.99. The number of amides is 1. The molecule has 4 rings (SSSR count). The third kappa shape index (κ3) is 4.66. The highest BCUT2D eigenvalue weighted by Gasteiger charge is 2.23. The molecule has 0 unspecified atom stereocenters. The Balaban J connectivity index is 1.38. The van der Waals surface area contributed by atoms with Gasteiger partial charge in [0.05, 0.1) is 10.6 Å². The summed E-state index contributed by atoms with van der Waals surface area (Å²) in [6.45, 7) is 2.67. The number of aryl methyl sites for hydroxylation is 2. The highest BCUT2D eigenvalue weighted by molar-refractivity contribution is 7.91. The second kappa shape index (κ2) is 8.58. The van der Waals surface area contributed by atoms with Gasteiger partial charge in [0, 0.05) is 31.0 Å². The number of sulfone groups is 1. The Hall–Kier alpha value is -3.07. The van der Waals surface area contributed by atoms with E-state index in [1.165, 1.54) is 12.1 Å². The van der Waals surface area contributed by atoms with Crippen LogP contribution < -0.4 is 5.32 Å². The number of hydrogen-bond donors (Lipinski definition) is 1. The molecule has 1 aliphatic rings. The maximum absolute atomic E-state index is 13.0. The quantitative estimate of drug-likeness (QED) is 0.593. The third-order valence-corrected chi connectivity index (χ3v) is 7.31. The standard InChI is InChI=1S/C22H23FN4O3S/c1-15-25-26-21-10-5-18(14-27(15)21)16-3-2-4-17(13-16)22(28)24-11-12-31(29,30)20-8-6-19(23)7-9-20/h2-4,6-9,13,18H,5,10-12,14H2,1H3,(H,24,28)/t18-/m1/s1. The predicted octanol–water partition coefficient (Wildman–Crippen LogP) is 2.66. The number of carbonyl (C=O) groups excluding carboxylic acids is 1. The number of halogens is 1. The molecular weight excluding hydrogens is 419 g/mol. The minimum absolute atomic E-state index is 0.0323. The summed E-state index contributed by atoms with van der Waals surface area (Å²) in [4.78, 5) is 12.6. The number of rotatable bonds is 6. The zero-order valence-electron chi connectivity index (χ0n) is 17.1. The molecule has 1 amide bonds. The van der Waals surface area contributed by atoms with Crippen molar-refractivity contribution in [2.75, 3.05) is 12.3 Å². The molecule has 0 saturated heterocycles. The summed E-state index contributed by atoms with van der Waals surface area (Å²) < 4.78 is 39.8. The topological polar surface area (TPSA) is 93.9 Å². The van der Waals surface area contributed by atoms with E-state index in [0.717, 1.165) is 48.7 Å². The van der Waals surface area contributed by atoms with E-state index in [0.29, 0.717) is 5.56 Å². The summed E-state index contributed by atoms with van der Waals surface area (Å²) in [5, 5.41) is 11.0. The fraction of sp³-hybridized carbons (Fsp3) is 0.318. The zero-order valence-corrected chi connectivity index (χ0v) is 17.9. The summed E-state index contributed by atoms with van der Waals surface area (Å²) in [5.74, 6) is 1.05. The van der Waals surface area contributed by atoms with Gasteiger partial charge >= 0.3 is 0 Å². The van der Waals surface area contributed by atoms with Crippen LogP contribution in [0.5, 0.6) is 0 Å². The smallest absolute Gasteiger partial charge is 0.251 e. The molecule has 162 valence electrons. The van der Waals surface area contributed by atoms with Crippen molar-refractivity contribution in [3.63, 3.8) is 0 Å². The van der Waals surface area contributed by atoms with Crippen LogP contribution in [0.3, 0.4) is 0 Å². The molecule has 0 bridgehead atoms. The van der Waals surface area contributed by atoms with Crippen LogP contribution in [-0.2, 0) is 22.8 Å². The van der Waals surface area contributed by atoms with Crippen molar-refractivity contribution in [3.05, 3.63) is 77.1 Å². The first-order valence-electron chi connectivity index (χ1n) is 10.1. The first kappa shape index (κ1) is 21.2. The first-order chi connectivity index (χ1) is 14.8. The Morgan fingerprint density at radius 1 is 1.19 bits per heavy atom. The molecule has 3 aromatic rings. The van der Waals surface area contributed by atoms with Crippen molar-refractivity contribution in [1.82, 2.24) is 20.1 Å². The van der Waals surface area contributed by atoms with Crippen LogP contribution in [0.4, 0.5) is 4.39 Å². The zero-order chi connectivity index (χ0) is 22.0. The molecule has 31 heavy (non-hydrogen) atoms. The number of nitrogens with zero attached hydrogens (tertiary/aromatic N) is 3. The molecule has 9 heteroatoms. The fourth-order valence-electron chi connectivity index (χ4n) is 3.83. The van der Waals surface area contributed by atoms with Crippen molar-refractivity contribution >= 4 is 15.7 Å². The van der Waals surface area contributed by atoms with E-state index in [1.807, 2.05) is 25.1 Å². The molecule has 0 spiro atoms. The molecule has 2 heterocycles. The van der Waals surface area contributed by atoms with Crippen LogP contribution in [0.15, 0.2) is 53.4 Å². The Morgan fingerprint density at radius 2 is 1.97 bits per heavy atom. The first-order valence-corrected chi connectivity index (χ1v) is 11.7. The average molecular weight is 443 g/mol. The summed E-state index contributed by atoms with van der Waals surface area (Å²) in [7, 11) is -3.60. The van der Waals surface area contributed by atoms with Gasteiger partial charge in [-0.25, -0.2) is 12.8 Å². The van der Waals surface area contributed by atoms with Crippen molar-refractivity contribution in [2.45, 2.75) is 37.1 Å². The van der Waals surface area contributed by atoms with Crippen molar-refractivity contribution in [2.24, 2.45) is 0 Å². The highest BCUT2D eigenvalue weighted by Crippen LogP contribution is 2.29. The normalized spacial score (nSPS) is 16.0. The Morgan fingerprint density at radius 3 is 2.74 bits per heavy atom. The van der Waals surface area contributed by atoms with Crippen molar-refractivity contribution in [3.8, 4) is 0 Å². The summed E-state index contributed by atoms with van der Waals surface area (Å²) in [5.41, 5.74) is 1.55. The van der Waals surface area contributed by atoms with Crippen LogP contribution in [0.1, 0.15) is 39.9 Å². The number of carbonyl (C=O) groups is 1. The number of benzene rings is 2.